The molecule has 0 amide bonds. The second-order valence-corrected chi connectivity index (χ2v) is 4.12. The quantitative estimate of drug-likeness (QED) is 0.840. The van der Waals surface area contributed by atoms with Crippen LogP contribution in [0.2, 0.25) is 10.0 Å². The first kappa shape index (κ1) is 11.9. The molecule has 1 N–H and O–H groups in total. The molecule has 0 radical (unpaired) electrons. The van der Waals surface area contributed by atoms with Crippen molar-refractivity contribution in [3.05, 3.63) is 52.1 Å². The van der Waals surface area contributed by atoms with E-state index >= 15 is 0 Å². The number of aromatic hydroxyl groups is 1. The zero-order chi connectivity index (χ0) is 12.3. The minimum Gasteiger partial charge on any atom is -0.507 e. The molecule has 3 nitrogen and oxygen atoms in total. The molecule has 17 heavy (non-hydrogen) atoms. The van der Waals surface area contributed by atoms with Crippen LogP contribution in [-0.4, -0.2) is 16.3 Å². The summed E-state index contributed by atoms with van der Waals surface area (Å²) in [5.74, 6) is 0.514. The maximum Gasteiger partial charge on any atom is 0.170 e. The highest BCUT2D eigenvalue weighted by molar-refractivity contribution is 6.35. The number of aliphatic imine (C=N–C) groups is 1. The van der Waals surface area contributed by atoms with Crippen LogP contribution in [0.3, 0.4) is 0 Å². The van der Waals surface area contributed by atoms with E-state index < -0.39 is 0 Å². The predicted octanol–water partition coefficient (Wildman–Crippen LogP) is 3.84. The third kappa shape index (κ3) is 2.96. The Kier molecular flexibility index (Phi) is 3.61. The average Bonchev–Trinajstić information content (AvgIpc) is 2.30. The fourth-order valence-electron chi connectivity index (χ4n) is 1.23. The Labute approximate surface area is 108 Å². The maximum atomic E-state index is 9.54. The minimum absolute atomic E-state index is 0.154. The highest BCUT2D eigenvalue weighted by atomic mass is 35.5. The van der Waals surface area contributed by atoms with E-state index in [2.05, 4.69) is 9.98 Å². The third-order valence-electron chi connectivity index (χ3n) is 2.05. The van der Waals surface area contributed by atoms with Gasteiger partial charge >= 0.3 is 0 Å². The van der Waals surface area contributed by atoms with Gasteiger partial charge < -0.3 is 5.11 Å². The highest BCUT2D eigenvalue weighted by Gasteiger charge is 2.01. The van der Waals surface area contributed by atoms with Crippen LogP contribution in [0, 0.1) is 0 Å². The van der Waals surface area contributed by atoms with Gasteiger partial charge in [0.15, 0.2) is 5.82 Å². The van der Waals surface area contributed by atoms with E-state index in [1.54, 1.807) is 30.3 Å². The molecule has 0 spiro atoms. The van der Waals surface area contributed by atoms with Gasteiger partial charge in [-0.3, -0.25) is 0 Å². The number of phenols is 1. The van der Waals surface area contributed by atoms with Crippen LogP contribution in [0.15, 0.2) is 41.5 Å². The first-order chi connectivity index (χ1) is 8.16. The molecule has 0 fully saturated rings. The average molecular weight is 267 g/mol. The van der Waals surface area contributed by atoms with E-state index in [0.717, 1.165) is 0 Å². The number of nitrogens with zero attached hydrogens (tertiary/aromatic N) is 2. The maximum absolute atomic E-state index is 9.54. The van der Waals surface area contributed by atoms with Crippen LogP contribution in [0.4, 0.5) is 5.82 Å². The molecule has 5 heteroatoms. The number of rotatable bonds is 2. The van der Waals surface area contributed by atoms with Crippen LogP contribution < -0.4 is 0 Å². The van der Waals surface area contributed by atoms with Crippen LogP contribution in [-0.2, 0) is 0 Å². The van der Waals surface area contributed by atoms with Gasteiger partial charge in [0.1, 0.15) is 5.75 Å². The Morgan fingerprint density at radius 2 is 2.00 bits per heavy atom. The van der Waals surface area contributed by atoms with E-state index in [9.17, 15) is 5.11 Å². The first-order valence-corrected chi connectivity index (χ1v) is 5.55. The lowest BCUT2D eigenvalue weighted by molar-refractivity contribution is 0.474. The summed E-state index contributed by atoms with van der Waals surface area (Å²) >= 11 is 11.6. The van der Waals surface area contributed by atoms with Crippen molar-refractivity contribution >= 4 is 35.2 Å². The van der Waals surface area contributed by atoms with E-state index in [1.807, 2.05) is 0 Å². The number of hydrogen-bond acceptors (Lipinski definition) is 3. The molecular formula is C12H8Cl2N2O. The lowest BCUT2D eigenvalue weighted by Crippen LogP contribution is -1.82. The van der Waals surface area contributed by atoms with Gasteiger partial charge in [0.25, 0.3) is 0 Å². The fourth-order valence-corrected chi connectivity index (χ4v) is 1.66. The zero-order valence-corrected chi connectivity index (χ0v) is 10.2. The van der Waals surface area contributed by atoms with E-state index in [1.165, 1.54) is 12.4 Å². The Bertz CT molecular complexity index is 570. The number of hydrogen-bond donors (Lipinski definition) is 1. The highest BCUT2D eigenvalue weighted by Crippen LogP contribution is 2.25. The molecule has 2 rings (SSSR count). The molecule has 1 aromatic heterocycles. The summed E-state index contributed by atoms with van der Waals surface area (Å²) in [6, 6.07) is 8.42. The first-order valence-electron chi connectivity index (χ1n) is 4.80. The van der Waals surface area contributed by atoms with Gasteiger partial charge in [-0.25, -0.2) is 9.98 Å². The summed E-state index contributed by atoms with van der Waals surface area (Å²) in [6.45, 7) is 0. The number of pyridine rings is 1. The zero-order valence-electron chi connectivity index (χ0n) is 8.64. The van der Waals surface area contributed by atoms with Crippen molar-refractivity contribution < 1.29 is 5.11 Å². The smallest absolute Gasteiger partial charge is 0.170 e. The lowest BCUT2D eigenvalue weighted by Gasteiger charge is -1.99. The second kappa shape index (κ2) is 5.17. The summed E-state index contributed by atoms with van der Waals surface area (Å²) in [5, 5.41) is 10.4. The second-order valence-electron chi connectivity index (χ2n) is 3.28. The predicted molar refractivity (Wildman–Crippen MR) is 69.6 cm³/mol. The van der Waals surface area contributed by atoms with Gasteiger partial charge in [-0.05, 0) is 18.2 Å². The number of halogens is 2. The normalized spacial score (nSPS) is 10.9. The summed E-state index contributed by atoms with van der Waals surface area (Å²) in [6.07, 6.45) is 2.96. The monoisotopic (exact) mass is 266 g/mol. The van der Waals surface area contributed by atoms with Crippen LogP contribution in [0.5, 0.6) is 5.75 Å². The SMILES string of the molecule is Oc1ccccc1/C=N/c1ncc(Cl)cc1Cl. The topological polar surface area (TPSA) is 45.5 Å². The largest absolute Gasteiger partial charge is 0.507 e. The molecule has 1 aromatic carbocycles. The molecule has 0 saturated carbocycles. The van der Waals surface area contributed by atoms with Crippen LogP contribution in [0.1, 0.15) is 5.56 Å². The Balaban J connectivity index is 2.29. The third-order valence-corrected chi connectivity index (χ3v) is 2.54. The van der Waals surface area contributed by atoms with Gasteiger partial charge in [-0.2, -0.15) is 0 Å². The molecule has 0 saturated heterocycles. The molecule has 0 atom stereocenters. The van der Waals surface area contributed by atoms with Crippen molar-refractivity contribution in [1.29, 1.82) is 0 Å². The van der Waals surface area contributed by atoms with Crippen molar-refractivity contribution in [1.82, 2.24) is 4.98 Å². The van der Waals surface area contributed by atoms with E-state index in [4.69, 9.17) is 23.2 Å². The Hall–Kier alpha value is -1.58. The van der Waals surface area contributed by atoms with Crippen LogP contribution in [0.25, 0.3) is 0 Å². The van der Waals surface area contributed by atoms with E-state index in [0.29, 0.717) is 21.4 Å². The van der Waals surface area contributed by atoms with Gasteiger partial charge in [-0.15, -0.1) is 0 Å². The van der Waals surface area contributed by atoms with Gasteiger partial charge in [0, 0.05) is 18.0 Å². The Morgan fingerprint density at radius 1 is 1.24 bits per heavy atom. The molecule has 0 aliphatic carbocycles. The van der Waals surface area contributed by atoms with Gasteiger partial charge in [-0.1, -0.05) is 35.3 Å². The Morgan fingerprint density at radius 3 is 2.71 bits per heavy atom. The molecule has 0 bridgehead atoms. The number of phenolic OH excluding ortho intramolecular Hbond substituents is 1. The van der Waals surface area contributed by atoms with Crippen molar-refractivity contribution in [2.75, 3.05) is 0 Å². The van der Waals surface area contributed by atoms with Crippen LogP contribution >= 0.6 is 23.2 Å². The molecule has 0 aliphatic heterocycles. The van der Waals surface area contributed by atoms with Crippen molar-refractivity contribution in [3.63, 3.8) is 0 Å². The molecule has 0 unspecified atom stereocenters. The van der Waals surface area contributed by atoms with Crippen molar-refractivity contribution in [3.8, 4) is 5.75 Å². The number of benzene rings is 1. The van der Waals surface area contributed by atoms with E-state index in [-0.39, 0.29) is 5.75 Å². The number of aromatic nitrogens is 1. The standard InChI is InChI=1S/C12H8Cl2N2O/c13-9-5-10(14)12(16-7-9)15-6-8-3-1-2-4-11(8)17/h1-7,17H/b15-6+. The molecule has 86 valence electrons. The van der Waals surface area contributed by atoms with Crippen molar-refractivity contribution in [2.24, 2.45) is 4.99 Å². The van der Waals surface area contributed by atoms with Gasteiger partial charge in [0.05, 0.1) is 10.0 Å². The lowest BCUT2D eigenvalue weighted by atomic mass is 10.2. The molecular weight excluding hydrogens is 259 g/mol. The summed E-state index contributed by atoms with van der Waals surface area (Å²) < 4.78 is 0. The minimum atomic E-state index is 0.154. The molecule has 0 aliphatic rings. The summed E-state index contributed by atoms with van der Waals surface area (Å²) in [4.78, 5) is 8.07. The fraction of sp³-hybridized carbons (Fsp3) is 0. The molecule has 1 heterocycles. The number of para-hydroxylation sites is 1. The van der Waals surface area contributed by atoms with Crippen molar-refractivity contribution in [2.45, 2.75) is 0 Å². The summed E-state index contributed by atoms with van der Waals surface area (Å²) in [7, 11) is 0. The van der Waals surface area contributed by atoms with Gasteiger partial charge in [0.2, 0.25) is 0 Å². The summed E-state index contributed by atoms with van der Waals surface area (Å²) in [5.41, 5.74) is 0.598. The molecule has 2 aromatic rings.